The molecule has 0 aliphatic rings. The van der Waals surface area contributed by atoms with Crippen LogP contribution >= 0.6 is 12.2 Å². The van der Waals surface area contributed by atoms with Crippen molar-refractivity contribution < 1.29 is 4.74 Å². The lowest BCUT2D eigenvalue weighted by atomic mass is 10.1. The lowest BCUT2D eigenvalue weighted by molar-refractivity contribution is 0.248. The standard InChI is InChI=1S/C25H32N6OS/c1-4-30(5-2)12-9-13-32-23-11-8-7-10-18(23)16-26-24-19-14-21-22(15-20(19)27-17-28-24)31(6-3)25(33)29-21/h7-8,10-11,14-15,17H,4-6,9,12-13,16H2,1-3H3,(H,29,33)(H,26,27,28). The van der Waals surface area contributed by atoms with Crippen molar-refractivity contribution >= 4 is 40.0 Å². The Morgan fingerprint density at radius 2 is 1.94 bits per heavy atom. The number of hydrogen-bond donors (Lipinski definition) is 2. The van der Waals surface area contributed by atoms with Crippen LogP contribution in [0, 0.1) is 4.77 Å². The van der Waals surface area contributed by atoms with Gasteiger partial charge < -0.3 is 24.5 Å². The van der Waals surface area contributed by atoms with Gasteiger partial charge in [-0.1, -0.05) is 32.0 Å². The van der Waals surface area contributed by atoms with Gasteiger partial charge in [-0.25, -0.2) is 9.97 Å². The molecule has 174 valence electrons. The molecular weight excluding hydrogens is 432 g/mol. The first-order valence-electron chi connectivity index (χ1n) is 11.7. The number of aryl methyl sites for hydroxylation is 1. The van der Waals surface area contributed by atoms with Crippen molar-refractivity contribution in [2.45, 2.75) is 40.3 Å². The number of aromatic nitrogens is 4. The normalized spacial score (nSPS) is 11.5. The monoisotopic (exact) mass is 464 g/mol. The molecule has 0 atom stereocenters. The number of ether oxygens (including phenoxy) is 1. The number of imidazole rings is 1. The van der Waals surface area contributed by atoms with Gasteiger partial charge in [0.2, 0.25) is 0 Å². The third-order valence-corrected chi connectivity index (χ3v) is 6.36. The highest BCUT2D eigenvalue weighted by molar-refractivity contribution is 7.71. The van der Waals surface area contributed by atoms with Crippen LogP contribution in [0.25, 0.3) is 21.9 Å². The number of fused-ring (bicyclic) bond motifs is 2. The fraction of sp³-hybridized carbons (Fsp3) is 0.400. The Morgan fingerprint density at radius 1 is 1.12 bits per heavy atom. The molecule has 0 radical (unpaired) electrons. The molecule has 2 N–H and O–H groups in total. The first kappa shape index (κ1) is 23.2. The minimum Gasteiger partial charge on any atom is -0.493 e. The van der Waals surface area contributed by atoms with Gasteiger partial charge in [-0.2, -0.15) is 0 Å². The van der Waals surface area contributed by atoms with Gasteiger partial charge in [0.05, 0.1) is 23.2 Å². The second-order valence-corrected chi connectivity index (χ2v) is 8.36. The molecule has 4 aromatic rings. The van der Waals surface area contributed by atoms with Gasteiger partial charge in [0.1, 0.15) is 17.9 Å². The molecule has 0 saturated heterocycles. The lowest BCUT2D eigenvalue weighted by Gasteiger charge is -2.18. The zero-order valence-corrected chi connectivity index (χ0v) is 20.4. The predicted molar refractivity (Wildman–Crippen MR) is 138 cm³/mol. The number of anilines is 1. The molecule has 2 heterocycles. The summed E-state index contributed by atoms with van der Waals surface area (Å²) in [4.78, 5) is 14.7. The van der Waals surface area contributed by atoms with E-state index >= 15 is 0 Å². The van der Waals surface area contributed by atoms with E-state index in [4.69, 9.17) is 17.0 Å². The van der Waals surface area contributed by atoms with E-state index in [0.717, 1.165) is 76.4 Å². The fourth-order valence-electron chi connectivity index (χ4n) is 4.14. The molecule has 2 aromatic heterocycles. The summed E-state index contributed by atoms with van der Waals surface area (Å²) in [6.45, 7) is 11.8. The van der Waals surface area contributed by atoms with Gasteiger partial charge in [0.15, 0.2) is 4.77 Å². The summed E-state index contributed by atoms with van der Waals surface area (Å²) in [5.74, 6) is 1.70. The summed E-state index contributed by atoms with van der Waals surface area (Å²) in [5, 5.41) is 4.45. The largest absolute Gasteiger partial charge is 0.493 e. The zero-order chi connectivity index (χ0) is 23.2. The number of para-hydroxylation sites is 1. The smallest absolute Gasteiger partial charge is 0.178 e. The molecular formula is C25H32N6OS. The van der Waals surface area contributed by atoms with Crippen molar-refractivity contribution in [1.29, 1.82) is 0 Å². The van der Waals surface area contributed by atoms with E-state index in [1.54, 1.807) is 6.33 Å². The maximum Gasteiger partial charge on any atom is 0.178 e. The van der Waals surface area contributed by atoms with Crippen molar-refractivity contribution in [1.82, 2.24) is 24.4 Å². The van der Waals surface area contributed by atoms with Crippen molar-refractivity contribution in [2.75, 3.05) is 31.6 Å². The molecule has 0 fully saturated rings. The summed E-state index contributed by atoms with van der Waals surface area (Å²) in [6, 6.07) is 12.3. The molecule has 33 heavy (non-hydrogen) atoms. The Balaban J connectivity index is 1.50. The molecule has 8 heteroatoms. The quantitative estimate of drug-likeness (QED) is 0.229. The summed E-state index contributed by atoms with van der Waals surface area (Å²) in [6.07, 6.45) is 2.61. The van der Waals surface area contributed by atoms with Gasteiger partial charge in [-0.15, -0.1) is 0 Å². The van der Waals surface area contributed by atoms with E-state index in [2.05, 4.69) is 68.7 Å². The summed E-state index contributed by atoms with van der Waals surface area (Å²) < 4.78 is 8.92. The molecule has 0 saturated carbocycles. The van der Waals surface area contributed by atoms with Crippen molar-refractivity contribution in [3.63, 3.8) is 0 Å². The van der Waals surface area contributed by atoms with Crippen LogP contribution in [0.2, 0.25) is 0 Å². The summed E-state index contributed by atoms with van der Waals surface area (Å²) in [5.41, 5.74) is 4.04. The molecule has 0 aliphatic heterocycles. The lowest BCUT2D eigenvalue weighted by Crippen LogP contribution is -2.25. The topological polar surface area (TPSA) is 71.0 Å². The highest BCUT2D eigenvalue weighted by Gasteiger charge is 2.11. The van der Waals surface area contributed by atoms with Crippen LogP contribution in [0.5, 0.6) is 5.75 Å². The van der Waals surface area contributed by atoms with Crippen LogP contribution in [0.4, 0.5) is 5.82 Å². The van der Waals surface area contributed by atoms with Gasteiger partial charge in [-0.05, 0) is 56.9 Å². The maximum atomic E-state index is 6.12. The number of nitrogens with one attached hydrogen (secondary N) is 2. The molecule has 0 unspecified atom stereocenters. The molecule has 4 rings (SSSR count). The molecule has 2 aromatic carbocycles. The Kier molecular flexibility index (Phi) is 7.57. The maximum absolute atomic E-state index is 6.12. The molecule has 7 nitrogen and oxygen atoms in total. The summed E-state index contributed by atoms with van der Waals surface area (Å²) >= 11 is 5.46. The molecule has 0 amide bonds. The Hall–Kier alpha value is -2.97. The SMILES string of the molecule is CCN(CC)CCCOc1ccccc1CNc1ncnc2cc3c(cc12)[nH]c(=S)n3CC. The summed E-state index contributed by atoms with van der Waals surface area (Å²) in [7, 11) is 0. The third-order valence-electron chi connectivity index (χ3n) is 6.04. The van der Waals surface area contributed by atoms with Crippen LogP contribution in [0.1, 0.15) is 32.8 Å². The zero-order valence-electron chi connectivity index (χ0n) is 19.6. The number of hydrogen-bond acceptors (Lipinski definition) is 6. The van der Waals surface area contributed by atoms with Gasteiger partial charge in [0, 0.05) is 30.6 Å². The van der Waals surface area contributed by atoms with E-state index in [9.17, 15) is 0 Å². The van der Waals surface area contributed by atoms with Crippen LogP contribution < -0.4 is 10.1 Å². The van der Waals surface area contributed by atoms with Crippen molar-refractivity contribution in [3.8, 4) is 5.75 Å². The van der Waals surface area contributed by atoms with E-state index in [-0.39, 0.29) is 0 Å². The highest BCUT2D eigenvalue weighted by Crippen LogP contribution is 2.27. The van der Waals surface area contributed by atoms with Gasteiger partial charge >= 0.3 is 0 Å². The van der Waals surface area contributed by atoms with Crippen LogP contribution in [-0.2, 0) is 13.1 Å². The van der Waals surface area contributed by atoms with Crippen molar-refractivity contribution in [3.05, 3.63) is 53.1 Å². The van der Waals surface area contributed by atoms with E-state index in [1.165, 1.54) is 0 Å². The number of aromatic amines is 1. The third kappa shape index (κ3) is 5.17. The van der Waals surface area contributed by atoms with E-state index < -0.39 is 0 Å². The average molecular weight is 465 g/mol. The Morgan fingerprint density at radius 3 is 2.73 bits per heavy atom. The van der Waals surface area contributed by atoms with Crippen LogP contribution in [-0.4, -0.2) is 50.7 Å². The highest BCUT2D eigenvalue weighted by atomic mass is 32.1. The second-order valence-electron chi connectivity index (χ2n) is 7.97. The predicted octanol–water partition coefficient (Wildman–Crippen LogP) is 5.38. The number of benzene rings is 2. The molecule has 0 aliphatic carbocycles. The van der Waals surface area contributed by atoms with E-state index in [0.29, 0.717) is 13.2 Å². The average Bonchev–Trinajstić information content (AvgIpc) is 3.15. The van der Waals surface area contributed by atoms with Crippen molar-refractivity contribution in [2.24, 2.45) is 0 Å². The second kappa shape index (κ2) is 10.8. The number of rotatable bonds is 11. The number of H-pyrrole nitrogens is 1. The first-order chi connectivity index (χ1) is 16.1. The fourth-order valence-corrected chi connectivity index (χ4v) is 4.48. The molecule has 0 bridgehead atoms. The molecule has 0 spiro atoms. The van der Waals surface area contributed by atoms with Gasteiger partial charge in [-0.3, -0.25) is 0 Å². The first-order valence-corrected chi connectivity index (χ1v) is 12.1. The van der Waals surface area contributed by atoms with Crippen LogP contribution in [0.15, 0.2) is 42.7 Å². The minimum absolute atomic E-state index is 0.613. The van der Waals surface area contributed by atoms with Crippen LogP contribution in [0.3, 0.4) is 0 Å². The Labute approximate surface area is 199 Å². The minimum atomic E-state index is 0.613. The van der Waals surface area contributed by atoms with E-state index in [1.807, 2.05) is 18.2 Å². The van der Waals surface area contributed by atoms with Gasteiger partial charge in [0.25, 0.3) is 0 Å². The Bertz CT molecular complexity index is 1280. The number of nitrogens with zero attached hydrogens (tertiary/aromatic N) is 4.